The molecule has 4 heteroatoms. The van der Waals surface area contributed by atoms with Crippen molar-refractivity contribution in [3.63, 3.8) is 0 Å². The van der Waals surface area contributed by atoms with Gasteiger partial charge in [0.15, 0.2) is 0 Å². The van der Waals surface area contributed by atoms with E-state index in [0.29, 0.717) is 6.54 Å². The summed E-state index contributed by atoms with van der Waals surface area (Å²) in [5.74, 6) is 0.818. The Morgan fingerprint density at radius 3 is 2.71 bits per heavy atom. The number of hydrogen-bond donors (Lipinski definition) is 2. The van der Waals surface area contributed by atoms with Gasteiger partial charge >= 0.3 is 0 Å². The van der Waals surface area contributed by atoms with Crippen molar-refractivity contribution >= 4 is 27.4 Å². The van der Waals surface area contributed by atoms with Crippen LogP contribution in [0.5, 0.6) is 0 Å². The van der Waals surface area contributed by atoms with Crippen LogP contribution in [-0.2, 0) is 6.54 Å². The van der Waals surface area contributed by atoms with Gasteiger partial charge in [0.1, 0.15) is 5.82 Å². The molecule has 0 aliphatic heterocycles. The second-order valence-corrected chi connectivity index (χ2v) is 4.70. The van der Waals surface area contributed by atoms with Gasteiger partial charge in [-0.05, 0) is 36.2 Å². The fourth-order valence-corrected chi connectivity index (χ4v) is 1.82. The van der Waals surface area contributed by atoms with Crippen LogP contribution in [0.15, 0.2) is 41.0 Å². The van der Waals surface area contributed by atoms with Crippen LogP contribution in [0.2, 0.25) is 0 Å². The Morgan fingerprint density at radius 2 is 2.12 bits per heavy atom. The highest BCUT2D eigenvalue weighted by Gasteiger charge is 1.99. The summed E-state index contributed by atoms with van der Waals surface area (Å²) in [5, 5.41) is 3.24. The number of anilines is 2. The standard InChI is InChI=1S/C13H14BrN3/c1-9-2-4-11(6-12(9)14)17-13-5-3-10(7-15)8-16-13/h2-6,8H,7,15H2,1H3,(H,16,17). The summed E-state index contributed by atoms with van der Waals surface area (Å²) in [6.07, 6.45) is 1.78. The number of benzene rings is 1. The van der Waals surface area contributed by atoms with E-state index >= 15 is 0 Å². The van der Waals surface area contributed by atoms with E-state index in [0.717, 1.165) is 21.5 Å². The van der Waals surface area contributed by atoms with Crippen LogP contribution in [0, 0.1) is 6.92 Å². The molecule has 3 nitrogen and oxygen atoms in total. The molecule has 17 heavy (non-hydrogen) atoms. The lowest BCUT2D eigenvalue weighted by Gasteiger charge is -2.07. The number of halogens is 1. The Kier molecular flexibility index (Phi) is 3.76. The molecule has 2 aromatic rings. The number of pyridine rings is 1. The zero-order chi connectivity index (χ0) is 12.3. The summed E-state index contributed by atoms with van der Waals surface area (Å²) in [6, 6.07) is 10.0. The first-order valence-corrected chi connectivity index (χ1v) is 6.16. The molecule has 0 aliphatic rings. The van der Waals surface area contributed by atoms with Crippen LogP contribution in [-0.4, -0.2) is 4.98 Å². The van der Waals surface area contributed by atoms with Crippen molar-refractivity contribution in [3.8, 4) is 0 Å². The van der Waals surface area contributed by atoms with Gasteiger partial charge in [0.05, 0.1) is 0 Å². The molecule has 0 saturated heterocycles. The molecule has 0 amide bonds. The Labute approximate surface area is 109 Å². The molecule has 0 fully saturated rings. The van der Waals surface area contributed by atoms with Crippen LogP contribution in [0.3, 0.4) is 0 Å². The summed E-state index contributed by atoms with van der Waals surface area (Å²) in [4.78, 5) is 4.29. The van der Waals surface area contributed by atoms with E-state index in [-0.39, 0.29) is 0 Å². The van der Waals surface area contributed by atoms with Gasteiger partial charge in [-0.3, -0.25) is 0 Å². The van der Waals surface area contributed by atoms with E-state index in [2.05, 4.69) is 39.2 Å². The third-order valence-corrected chi connectivity index (χ3v) is 3.36. The number of nitrogens with two attached hydrogens (primary N) is 1. The van der Waals surface area contributed by atoms with Gasteiger partial charge in [0.25, 0.3) is 0 Å². The van der Waals surface area contributed by atoms with Crippen LogP contribution >= 0.6 is 15.9 Å². The Balaban J connectivity index is 2.16. The monoisotopic (exact) mass is 291 g/mol. The maximum Gasteiger partial charge on any atom is 0.130 e. The lowest BCUT2D eigenvalue weighted by Crippen LogP contribution is -1.98. The molecule has 0 aliphatic carbocycles. The summed E-state index contributed by atoms with van der Waals surface area (Å²) in [6.45, 7) is 2.57. The van der Waals surface area contributed by atoms with Gasteiger partial charge in [0, 0.05) is 22.9 Å². The van der Waals surface area contributed by atoms with Gasteiger partial charge in [-0.1, -0.05) is 28.1 Å². The zero-order valence-corrected chi connectivity index (χ0v) is 11.2. The van der Waals surface area contributed by atoms with Crippen molar-refractivity contribution in [2.45, 2.75) is 13.5 Å². The van der Waals surface area contributed by atoms with E-state index < -0.39 is 0 Å². The van der Waals surface area contributed by atoms with Crippen LogP contribution < -0.4 is 11.1 Å². The largest absolute Gasteiger partial charge is 0.340 e. The zero-order valence-electron chi connectivity index (χ0n) is 9.57. The molecule has 1 aromatic carbocycles. The minimum absolute atomic E-state index is 0.517. The van der Waals surface area contributed by atoms with Crippen molar-refractivity contribution in [2.75, 3.05) is 5.32 Å². The highest BCUT2D eigenvalue weighted by Crippen LogP contribution is 2.22. The van der Waals surface area contributed by atoms with Gasteiger partial charge in [-0.25, -0.2) is 4.98 Å². The minimum atomic E-state index is 0.517. The van der Waals surface area contributed by atoms with Gasteiger partial charge in [-0.2, -0.15) is 0 Å². The average Bonchev–Trinajstić information content (AvgIpc) is 2.35. The topological polar surface area (TPSA) is 50.9 Å². The number of hydrogen-bond acceptors (Lipinski definition) is 3. The number of aromatic nitrogens is 1. The van der Waals surface area contributed by atoms with E-state index in [1.807, 2.05) is 24.3 Å². The van der Waals surface area contributed by atoms with Gasteiger partial charge in [0.2, 0.25) is 0 Å². The molecule has 0 bridgehead atoms. The maximum absolute atomic E-state index is 5.52. The smallest absolute Gasteiger partial charge is 0.130 e. The van der Waals surface area contributed by atoms with Gasteiger partial charge in [-0.15, -0.1) is 0 Å². The molecule has 0 unspecified atom stereocenters. The summed E-state index contributed by atoms with van der Waals surface area (Å²) in [5.41, 5.74) is 8.77. The van der Waals surface area contributed by atoms with Crippen molar-refractivity contribution in [2.24, 2.45) is 5.73 Å². The van der Waals surface area contributed by atoms with Crippen molar-refractivity contribution in [1.29, 1.82) is 0 Å². The molecule has 0 spiro atoms. The predicted molar refractivity (Wildman–Crippen MR) is 74.3 cm³/mol. The molecule has 0 radical (unpaired) electrons. The first-order valence-electron chi connectivity index (χ1n) is 5.37. The molecular weight excluding hydrogens is 278 g/mol. The van der Waals surface area contributed by atoms with Gasteiger partial charge < -0.3 is 11.1 Å². The highest BCUT2D eigenvalue weighted by atomic mass is 79.9. The number of rotatable bonds is 3. The van der Waals surface area contributed by atoms with Crippen LogP contribution in [0.1, 0.15) is 11.1 Å². The Hall–Kier alpha value is -1.39. The van der Waals surface area contributed by atoms with E-state index in [4.69, 9.17) is 5.73 Å². The van der Waals surface area contributed by atoms with E-state index in [9.17, 15) is 0 Å². The fraction of sp³-hybridized carbons (Fsp3) is 0.154. The van der Waals surface area contributed by atoms with Crippen molar-refractivity contribution in [3.05, 3.63) is 52.1 Å². The predicted octanol–water partition coefficient (Wildman–Crippen LogP) is 3.35. The van der Waals surface area contributed by atoms with Crippen LogP contribution in [0.25, 0.3) is 0 Å². The Bertz CT molecular complexity index is 509. The fourth-order valence-electron chi connectivity index (χ4n) is 1.44. The van der Waals surface area contributed by atoms with Crippen molar-refractivity contribution in [1.82, 2.24) is 4.98 Å². The second kappa shape index (κ2) is 5.29. The second-order valence-electron chi connectivity index (χ2n) is 3.84. The highest BCUT2D eigenvalue weighted by molar-refractivity contribution is 9.10. The van der Waals surface area contributed by atoms with Crippen LogP contribution in [0.4, 0.5) is 11.5 Å². The summed E-state index contributed by atoms with van der Waals surface area (Å²) in [7, 11) is 0. The number of nitrogens with one attached hydrogen (secondary N) is 1. The summed E-state index contributed by atoms with van der Waals surface area (Å²) >= 11 is 3.51. The third kappa shape index (κ3) is 3.05. The SMILES string of the molecule is Cc1ccc(Nc2ccc(CN)cn2)cc1Br. The minimum Gasteiger partial charge on any atom is -0.340 e. The molecule has 1 aromatic heterocycles. The number of nitrogens with zero attached hydrogens (tertiary/aromatic N) is 1. The van der Waals surface area contributed by atoms with E-state index in [1.165, 1.54) is 5.56 Å². The molecule has 88 valence electrons. The molecular formula is C13H14BrN3. The number of aryl methyl sites for hydroxylation is 1. The van der Waals surface area contributed by atoms with Crippen molar-refractivity contribution < 1.29 is 0 Å². The lowest BCUT2D eigenvalue weighted by atomic mass is 10.2. The molecule has 1 heterocycles. The molecule has 3 N–H and O–H groups in total. The average molecular weight is 292 g/mol. The molecule has 0 saturated carbocycles. The first-order chi connectivity index (χ1) is 8.19. The first kappa shape index (κ1) is 12.1. The third-order valence-electron chi connectivity index (χ3n) is 2.50. The maximum atomic E-state index is 5.52. The summed E-state index contributed by atoms with van der Waals surface area (Å²) < 4.78 is 1.08. The molecule has 0 atom stereocenters. The van der Waals surface area contributed by atoms with E-state index in [1.54, 1.807) is 6.20 Å². The normalized spacial score (nSPS) is 10.3. The Morgan fingerprint density at radius 1 is 1.29 bits per heavy atom. The molecule has 2 rings (SSSR count). The lowest BCUT2D eigenvalue weighted by molar-refractivity contribution is 1.05. The quantitative estimate of drug-likeness (QED) is 0.912.